The standard InChI is InChI=1S/C27H33N5O3/c1-17(2)18-6-9-21(10-7-18)32-15-19-13-24(30-27(34)22-5-3-4-12-28-22)25(14-23(19)31-32)35-16-20-8-11-26(33)29-20/h3-5,12-15,17-18,20-21H,6-11,16H2,1-2H3,(H,29,33)(H,30,34)/t18-,20-,21-/m1/s1. The van der Waals surface area contributed by atoms with Crippen LogP contribution in [0.15, 0.2) is 42.7 Å². The number of amides is 2. The van der Waals surface area contributed by atoms with E-state index in [-0.39, 0.29) is 17.9 Å². The van der Waals surface area contributed by atoms with E-state index in [4.69, 9.17) is 9.84 Å². The third kappa shape index (κ3) is 5.31. The van der Waals surface area contributed by atoms with Gasteiger partial charge < -0.3 is 15.4 Å². The highest BCUT2D eigenvalue weighted by Crippen LogP contribution is 2.37. The van der Waals surface area contributed by atoms with Crippen LogP contribution in [0.5, 0.6) is 5.75 Å². The second-order valence-corrected chi connectivity index (χ2v) is 10.1. The van der Waals surface area contributed by atoms with Gasteiger partial charge in [-0.05, 0) is 62.1 Å². The van der Waals surface area contributed by atoms with Gasteiger partial charge in [-0.3, -0.25) is 19.3 Å². The molecule has 2 fully saturated rings. The fourth-order valence-corrected chi connectivity index (χ4v) is 5.18. The van der Waals surface area contributed by atoms with E-state index >= 15 is 0 Å². The maximum Gasteiger partial charge on any atom is 0.274 e. The molecule has 2 aliphatic rings. The van der Waals surface area contributed by atoms with Crippen LogP contribution in [0.1, 0.15) is 68.9 Å². The molecular formula is C27H33N5O3. The van der Waals surface area contributed by atoms with Crippen molar-refractivity contribution in [2.45, 2.75) is 64.5 Å². The van der Waals surface area contributed by atoms with Crippen molar-refractivity contribution < 1.29 is 14.3 Å². The second kappa shape index (κ2) is 10.1. The Morgan fingerprint density at radius 1 is 1.20 bits per heavy atom. The van der Waals surface area contributed by atoms with Gasteiger partial charge in [0.2, 0.25) is 5.91 Å². The number of carbonyl (C=O) groups is 2. The molecule has 1 aromatic carbocycles. The average Bonchev–Trinajstić information content (AvgIpc) is 3.48. The Morgan fingerprint density at radius 3 is 2.71 bits per heavy atom. The van der Waals surface area contributed by atoms with Crippen LogP contribution in [0.3, 0.4) is 0 Å². The Hall–Kier alpha value is -3.42. The lowest BCUT2D eigenvalue weighted by Crippen LogP contribution is -2.31. The molecule has 2 amide bonds. The van der Waals surface area contributed by atoms with E-state index in [1.54, 1.807) is 24.4 Å². The summed E-state index contributed by atoms with van der Waals surface area (Å²) in [5.41, 5.74) is 1.73. The molecule has 8 heteroatoms. The van der Waals surface area contributed by atoms with Crippen molar-refractivity contribution in [2.24, 2.45) is 11.8 Å². The molecule has 3 aromatic rings. The fraction of sp³-hybridized carbons (Fsp3) is 0.481. The molecule has 1 saturated heterocycles. The minimum absolute atomic E-state index is 0.0359. The largest absolute Gasteiger partial charge is 0.489 e. The molecule has 1 aliphatic heterocycles. The molecule has 2 aromatic heterocycles. The molecule has 1 atom stereocenters. The molecule has 8 nitrogen and oxygen atoms in total. The number of carbonyl (C=O) groups excluding carboxylic acids is 2. The van der Waals surface area contributed by atoms with Gasteiger partial charge in [0.05, 0.1) is 23.3 Å². The number of ether oxygens (including phenoxy) is 1. The SMILES string of the molecule is CC(C)[C@H]1CC[C@H](n2cc3cc(NC(=O)c4ccccn4)c(OC[C@H]4CCC(=O)N4)cc3n2)CC1. The average molecular weight is 476 g/mol. The third-order valence-corrected chi connectivity index (χ3v) is 7.35. The molecule has 0 unspecified atom stereocenters. The summed E-state index contributed by atoms with van der Waals surface area (Å²) in [6.45, 7) is 4.96. The summed E-state index contributed by atoms with van der Waals surface area (Å²) in [5.74, 6) is 1.80. The first kappa shape index (κ1) is 23.3. The molecule has 0 radical (unpaired) electrons. The van der Waals surface area contributed by atoms with Crippen LogP contribution >= 0.6 is 0 Å². The molecule has 184 valence electrons. The van der Waals surface area contributed by atoms with Crippen LogP contribution in [0.4, 0.5) is 5.69 Å². The van der Waals surface area contributed by atoms with Crippen LogP contribution < -0.4 is 15.4 Å². The Kier molecular flexibility index (Phi) is 6.70. The first-order valence-corrected chi connectivity index (χ1v) is 12.6. The number of pyridine rings is 1. The lowest BCUT2D eigenvalue weighted by molar-refractivity contribution is -0.119. The van der Waals surface area contributed by atoms with Gasteiger partial charge in [-0.15, -0.1) is 0 Å². The Balaban J connectivity index is 1.39. The molecule has 5 rings (SSSR count). The van der Waals surface area contributed by atoms with Crippen LogP contribution in [-0.4, -0.2) is 39.2 Å². The zero-order valence-electron chi connectivity index (χ0n) is 20.4. The van der Waals surface area contributed by atoms with Gasteiger partial charge in [-0.25, -0.2) is 0 Å². The normalized spacial score (nSPS) is 22.4. The maximum absolute atomic E-state index is 12.8. The van der Waals surface area contributed by atoms with Gasteiger partial charge in [-0.2, -0.15) is 5.10 Å². The molecule has 0 spiro atoms. The number of rotatable bonds is 7. The number of anilines is 1. The van der Waals surface area contributed by atoms with Gasteiger partial charge in [0.15, 0.2) is 0 Å². The summed E-state index contributed by atoms with van der Waals surface area (Å²) in [7, 11) is 0. The van der Waals surface area contributed by atoms with Crippen molar-refractivity contribution in [3.63, 3.8) is 0 Å². The Labute approximate surface area is 205 Å². The predicted molar refractivity (Wildman–Crippen MR) is 134 cm³/mol. The highest BCUT2D eigenvalue weighted by Gasteiger charge is 2.26. The van der Waals surface area contributed by atoms with Crippen molar-refractivity contribution in [1.82, 2.24) is 20.1 Å². The predicted octanol–water partition coefficient (Wildman–Crippen LogP) is 4.73. The van der Waals surface area contributed by atoms with Crippen molar-refractivity contribution in [3.05, 3.63) is 48.4 Å². The van der Waals surface area contributed by atoms with Crippen LogP contribution in [0.2, 0.25) is 0 Å². The van der Waals surface area contributed by atoms with Crippen molar-refractivity contribution in [2.75, 3.05) is 11.9 Å². The van der Waals surface area contributed by atoms with Crippen molar-refractivity contribution in [3.8, 4) is 5.75 Å². The fourth-order valence-electron chi connectivity index (χ4n) is 5.18. The van der Waals surface area contributed by atoms with Crippen LogP contribution in [0.25, 0.3) is 10.9 Å². The van der Waals surface area contributed by atoms with Gasteiger partial charge in [0.1, 0.15) is 18.1 Å². The van der Waals surface area contributed by atoms with Gasteiger partial charge in [0, 0.05) is 30.3 Å². The molecule has 1 aliphatic carbocycles. The smallest absolute Gasteiger partial charge is 0.274 e. The number of benzene rings is 1. The first-order chi connectivity index (χ1) is 17.0. The number of fused-ring (bicyclic) bond motifs is 1. The molecule has 2 N–H and O–H groups in total. The monoisotopic (exact) mass is 475 g/mol. The van der Waals surface area contributed by atoms with Crippen LogP contribution in [-0.2, 0) is 4.79 Å². The molecule has 1 saturated carbocycles. The third-order valence-electron chi connectivity index (χ3n) is 7.35. The van der Waals surface area contributed by atoms with Gasteiger partial charge in [-0.1, -0.05) is 19.9 Å². The number of aromatic nitrogens is 3. The molecule has 3 heterocycles. The van der Waals surface area contributed by atoms with E-state index in [0.717, 1.165) is 42.0 Å². The highest BCUT2D eigenvalue weighted by molar-refractivity contribution is 6.05. The number of hydrogen-bond acceptors (Lipinski definition) is 5. The maximum atomic E-state index is 12.8. The zero-order valence-corrected chi connectivity index (χ0v) is 20.4. The van der Waals surface area contributed by atoms with Crippen LogP contribution in [0, 0.1) is 11.8 Å². The molecular weight excluding hydrogens is 442 g/mol. The lowest BCUT2D eigenvalue weighted by Gasteiger charge is -2.30. The van der Waals surface area contributed by atoms with E-state index in [1.165, 1.54) is 12.8 Å². The summed E-state index contributed by atoms with van der Waals surface area (Å²) >= 11 is 0. The van der Waals surface area contributed by atoms with E-state index in [2.05, 4.69) is 40.3 Å². The lowest BCUT2D eigenvalue weighted by atomic mass is 9.80. The van der Waals surface area contributed by atoms with Gasteiger partial charge >= 0.3 is 0 Å². The van der Waals surface area contributed by atoms with E-state index in [0.29, 0.717) is 36.2 Å². The summed E-state index contributed by atoms with van der Waals surface area (Å²) in [4.78, 5) is 28.6. The summed E-state index contributed by atoms with van der Waals surface area (Å²) < 4.78 is 8.20. The van der Waals surface area contributed by atoms with E-state index in [9.17, 15) is 9.59 Å². The van der Waals surface area contributed by atoms with Gasteiger partial charge in [0.25, 0.3) is 5.91 Å². The topological polar surface area (TPSA) is 98.1 Å². The second-order valence-electron chi connectivity index (χ2n) is 10.1. The van der Waals surface area contributed by atoms with Crippen molar-refractivity contribution >= 4 is 28.4 Å². The highest BCUT2D eigenvalue weighted by atomic mass is 16.5. The summed E-state index contributed by atoms with van der Waals surface area (Å²) in [6, 6.07) is 9.39. The first-order valence-electron chi connectivity index (χ1n) is 12.6. The number of hydrogen-bond donors (Lipinski definition) is 2. The Morgan fingerprint density at radius 2 is 2.03 bits per heavy atom. The minimum atomic E-state index is -0.302. The minimum Gasteiger partial charge on any atom is -0.489 e. The Bertz CT molecular complexity index is 1200. The molecule has 0 bridgehead atoms. The van der Waals surface area contributed by atoms with E-state index < -0.39 is 0 Å². The van der Waals surface area contributed by atoms with Crippen molar-refractivity contribution in [1.29, 1.82) is 0 Å². The summed E-state index contributed by atoms with van der Waals surface area (Å²) in [6.07, 6.45) is 9.64. The number of nitrogens with zero attached hydrogens (tertiary/aromatic N) is 3. The van der Waals surface area contributed by atoms with E-state index in [1.807, 2.05) is 12.1 Å². The quantitative estimate of drug-likeness (QED) is 0.515. The number of nitrogens with one attached hydrogen (secondary N) is 2. The zero-order chi connectivity index (χ0) is 24.4. The summed E-state index contributed by atoms with van der Waals surface area (Å²) in [5, 5.41) is 11.7. The molecule has 35 heavy (non-hydrogen) atoms.